The number of imidazole rings is 1. The molecule has 4 aromatic rings. The molecule has 0 radical (unpaired) electrons. The fourth-order valence-corrected chi connectivity index (χ4v) is 3.62. The van der Waals surface area contributed by atoms with Gasteiger partial charge in [-0.1, -0.05) is 0 Å². The molecule has 0 aliphatic rings. The molecule has 0 bridgehead atoms. The van der Waals surface area contributed by atoms with E-state index in [9.17, 15) is 0 Å². The van der Waals surface area contributed by atoms with Gasteiger partial charge in [-0.25, -0.2) is 4.98 Å². The molecular weight excluding hydrogens is 428 g/mol. The first-order chi connectivity index (χ1) is 16.4. The van der Waals surface area contributed by atoms with E-state index in [0.29, 0.717) is 34.2 Å². The number of aromatic nitrogens is 4. The Morgan fingerprint density at radius 1 is 1.15 bits per heavy atom. The molecule has 4 N–H and O–H groups in total. The maximum absolute atomic E-state index is 9.05. The number of rotatable bonds is 7. The van der Waals surface area contributed by atoms with Gasteiger partial charge in [-0.05, 0) is 80.6 Å². The van der Waals surface area contributed by atoms with Crippen LogP contribution in [0.25, 0.3) is 17.2 Å². The van der Waals surface area contributed by atoms with Crippen molar-refractivity contribution in [3.05, 3.63) is 65.6 Å². The Kier molecular flexibility index (Phi) is 6.32. The Bertz CT molecular complexity index is 1400. The minimum atomic E-state index is 0.161. The van der Waals surface area contributed by atoms with Crippen molar-refractivity contribution in [2.75, 3.05) is 17.7 Å². The lowest BCUT2D eigenvalue weighted by molar-refractivity contribution is 0.416. The molecule has 2 heterocycles. The van der Waals surface area contributed by atoms with Crippen LogP contribution in [-0.4, -0.2) is 26.6 Å². The van der Waals surface area contributed by atoms with Gasteiger partial charge < -0.3 is 25.7 Å². The summed E-state index contributed by atoms with van der Waals surface area (Å²) < 4.78 is 7.63. The molecule has 34 heavy (non-hydrogen) atoms. The van der Waals surface area contributed by atoms with Crippen molar-refractivity contribution in [2.45, 2.75) is 26.8 Å². The maximum Gasteiger partial charge on any atom is 0.231 e. The van der Waals surface area contributed by atoms with E-state index >= 15 is 0 Å². The average Bonchev–Trinajstić information content (AvgIpc) is 3.26. The number of aryl methyl sites for hydroxylation is 1. The van der Waals surface area contributed by atoms with Crippen LogP contribution in [0.1, 0.15) is 36.6 Å². The lowest BCUT2D eigenvalue weighted by Crippen LogP contribution is -2.06. The van der Waals surface area contributed by atoms with E-state index in [1.54, 1.807) is 25.6 Å². The van der Waals surface area contributed by atoms with Crippen LogP contribution in [0.2, 0.25) is 0 Å². The molecule has 0 saturated heterocycles. The first kappa shape index (κ1) is 22.6. The molecule has 0 spiro atoms. The second-order valence-electron chi connectivity index (χ2n) is 8.03. The molecule has 172 valence electrons. The second kappa shape index (κ2) is 9.50. The number of nitrogens with one attached hydrogen (secondary N) is 2. The standard InChI is InChI=1S/C25H26N8O/c1-15(2)33-14-28-22-23(30-21-16(3)11-18(9-10-26)12-20(21)34-4)31-25(32-24(22)33)29-19-7-5-17(13-27)6-8-19/h5-12,14-15H,26H2,1-4H3,(H2,29,30,31,32)/b10-9+. The Labute approximate surface area is 197 Å². The van der Waals surface area contributed by atoms with Crippen LogP contribution >= 0.6 is 0 Å². The Morgan fingerprint density at radius 2 is 1.91 bits per heavy atom. The number of hydrogen-bond donors (Lipinski definition) is 3. The zero-order chi connectivity index (χ0) is 24.2. The van der Waals surface area contributed by atoms with Crippen molar-refractivity contribution in [3.8, 4) is 11.8 Å². The predicted octanol–water partition coefficient (Wildman–Crippen LogP) is 5.01. The highest BCUT2D eigenvalue weighted by molar-refractivity contribution is 5.88. The molecule has 2 aromatic heterocycles. The lowest BCUT2D eigenvalue weighted by atomic mass is 10.1. The highest BCUT2D eigenvalue weighted by Gasteiger charge is 2.18. The smallest absolute Gasteiger partial charge is 0.231 e. The van der Waals surface area contributed by atoms with Crippen LogP contribution in [0.5, 0.6) is 5.75 Å². The van der Waals surface area contributed by atoms with Crippen LogP contribution < -0.4 is 21.1 Å². The molecule has 0 atom stereocenters. The number of benzene rings is 2. The summed E-state index contributed by atoms with van der Waals surface area (Å²) >= 11 is 0. The Morgan fingerprint density at radius 3 is 2.56 bits per heavy atom. The van der Waals surface area contributed by atoms with Crippen LogP contribution in [0.4, 0.5) is 23.1 Å². The Balaban J connectivity index is 1.81. The summed E-state index contributed by atoms with van der Waals surface area (Å²) in [7, 11) is 1.62. The van der Waals surface area contributed by atoms with Gasteiger partial charge in [-0.15, -0.1) is 0 Å². The molecule has 4 rings (SSSR count). The minimum absolute atomic E-state index is 0.161. The van der Waals surface area contributed by atoms with Crippen LogP contribution in [0.3, 0.4) is 0 Å². The molecule has 0 aliphatic heterocycles. The van der Waals surface area contributed by atoms with E-state index in [-0.39, 0.29) is 6.04 Å². The molecule has 9 nitrogen and oxygen atoms in total. The van der Waals surface area contributed by atoms with Gasteiger partial charge in [-0.2, -0.15) is 15.2 Å². The van der Waals surface area contributed by atoms with Crippen molar-refractivity contribution in [1.82, 2.24) is 19.5 Å². The van der Waals surface area contributed by atoms with Crippen LogP contribution in [0.15, 0.2) is 48.9 Å². The van der Waals surface area contributed by atoms with Crippen molar-refractivity contribution >= 4 is 40.4 Å². The zero-order valence-corrected chi connectivity index (χ0v) is 19.5. The fraction of sp³-hybridized carbons (Fsp3) is 0.200. The number of anilines is 4. The van der Waals surface area contributed by atoms with Crippen molar-refractivity contribution in [1.29, 1.82) is 5.26 Å². The topological polar surface area (TPSA) is 127 Å². The Hall–Kier alpha value is -4.58. The van der Waals surface area contributed by atoms with E-state index in [0.717, 1.165) is 22.5 Å². The summed E-state index contributed by atoms with van der Waals surface area (Å²) in [5, 5.41) is 15.7. The number of hydrogen-bond acceptors (Lipinski definition) is 8. The zero-order valence-electron chi connectivity index (χ0n) is 19.5. The normalized spacial score (nSPS) is 11.2. The van der Waals surface area contributed by atoms with Gasteiger partial charge in [0, 0.05) is 11.7 Å². The first-order valence-corrected chi connectivity index (χ1v) is 10.8. The summed E-state index contributed by atoms with van der Waals surface area (Å²) in [5.41, 5.74) is 10.9. The highest BCUT2D eigenvalue weighted by Crippen LogP contribution is 2.35. The molecule has 9 heteroatoms. The quantitative estimate of drug-likeness (QED) is 0.355. The number of ether oxygens (including phenoxy) is 1. The van der Waals surface area contributed by atoms with Gasteiger partial charge in [0.05, 0.1) is 30.8 Å². The summed E-state index contributed by atoms with van der Waals surface area (Å²) in [5.74, 6) is 1.61. The predicted molar refractivity (Wildman–Crippen MR) is 134 cm³/mol. The van der Waals surface area contributed by atoms with Gasteiger partial charge in [0.2, 0.25) is 5.95 Å². The maximum atomic E-state index is 9.05. The van der Waals surface area contributed by atoms with Gasteiger partial charge in [-0.3, -0.25) is 0 Å². The minimum Gasteiger partial charge on any atom is -0.495 e. The van der Waals surface area contributed by atoms with Crippen molar-refractivity contribution in [3.63, 3.8) is 0 Å². The molecule has 0 aliphatic carbocycles. The molecule has 0 fully saturated rings. The number of nitriles is 1. The van der Waals surface area contributed by atoms with Gasteiger partial charge >= 0.3 is 0 Å². The number of methoxy groups -OCH3 is 1. The number of nitrogens with two attached hydrogens (primary N) is 1. The third kappa shape index (κ3) is 4.47. The third-order valence-corrected chi connectivity index (χ3v) is 5.32. The van der Waals surface area contributed by atoms with Crippen LogP contribution in [-0.2, 0) is 0 Å². The highest BCUT2D eigenvalue weighted by atomic mass is 16.5. The van der Waals surface area contributed by atoms with Crippen LogP contribution in [0, 0.1) is 18.3 Å². The number of fused-ring (bicyclic) bond motifs is 1. The van der Waals surface area contributed by atoms with E-state index < -0.39 is 0 Å². The monoisotopic (exact) mass is 454 g/mol. The van der Waals surface area contributed by atoms with E-state index in [2.05, 4.69) is 35.5 Å². The van der Waals surface area contributed by atoms with Crippen molar-refractivity contribution in [2.24, 2.45) is 5.73 Å². The van der Waals surface area contributed by atoms with E-state index in [4.69, 9.17) is 25.7 Å². The first-order valence-electron chi connectivity index (χ1n) is 10.8. The summed E-state index contributed by atoms with van der Waals surface area (Å²) in [4.78, 5) is 14.0. The van der Waals surface area contributed by atoms with E-state index in [1.807, 2.05) is 41.8 Å². The molecule has 0 amide bonds. The van der Waals surface area contributed by atoms with Crippen molar-refractivity contribution < 1.29 is 4.74 Å². The third-order valence-electron chi connectivity index (χ3n) is 5.32. The van der Waals surface area contributed by atoms with E-state index in [1.165, 1.54) is 6.20 Å². The van der Waals surface area contributed by atoms with Gasteiger partial charge in [0.15, 0.2) is 17.0 Å². The largest absolute Gasteiger partial charge is 0.495 e. The van der Waals surface area contributed by atoms with Gasteiger partial charge in [0.25, 0.3) is 0 Å². The fourth-order valence-electron chi connectivity index (χ4n) is 3.62. The summed E-state index contributed by atoms with van der Waals surface area (Å²) in [6.45, 7) is 6.13. The van der Waals surface area contributed by atoms with Gasteiger partial charge in [0.1, 0.15) is 5.75 Å². The molecule has 2 aromatic carbocycles. The lowest BCUT2D eigenvalue weighted by Gasteiger charge is -2.16. The second-order valence-corrected chi connectivity index (χ2v) is 8.03. The average molecular weight is 455 g/mol. The SMILES string of the molecule is COc1cc(/C=C/N)cc(C)c1Nc1nc(Nc2ccc(C#N)cc2)nc2c1ncn2C(C)C. The molecule has 0 unspecified atom stereocenters. The molecular formula is C25H26N8O. The number of nitrogens with zero attached hydrogens (tertiary/aromatic N) is 5. The molecule has 0 saturated carbocycles. The summed E-state index contributed by atoms with van der Waals surface area (Å²) in [6.07, 6.45) is 5.07. The summed E-state index contributed by atoms with van der Waals surface area (Å²) in [6, 6.07) is 13.3.